The summed E-state index contributed by atoms with van der Waals surface area (Å²) in [5, 5.41) is 1.03. The van der Waals surface area contributed by atoms with Crippen LogP contribution in [0.1, 0.15) is 25.8 Å². The van der Waals surface area contributed by atoms with E-state index >= 15 is 0 Å². The lowest BCUT2D eigenvalue weighted by Crippen LogP contribution is -2.47. The Labute approximate surface area is 132 Å². The molecule has 1 atom stereocenters. The number of nitrogens with one attached hydrogen (secondary N) is 1. The molecule has 0 saturated heterocycles. The molecule has 1 rings (SSSR count). The van der Waals surface area contributed by atoms with Gasteiger partial charge in [0, 0.05) is 7.05 Å². The number of likely N-dealkylation sites (N-methyl/N-ethyl adjacent to an activating group) is 1. The molecule has 6 nitrogen and oxygen atoms in total. The first kappa shape index (κ1) is 18.6. The fourth-order valence-electron chi connectivity index (χ4n) is 1.95. The van der Waals surface area contributed by atoms with Gasteiger partial charge in [-0.3, -0.25) is 9.63 Å². The maximum Gasteiger partial charge on any atom is 0.264 e. The molecule has 1 amide bonds. The first-order valence-electron chi connectivity index (χ1n) is 7.08. The van der Waals surface area contributed by atoms with Crippen LogP contribution in [0.2, 0.25) is 0 Å². The van der Waals surface area contributed by atoms with E-state index in [0.29, 0.717) is 6.42 Å². The van der Waals surface area contributed by atoms with Crippen LogP contribution in [-0.4, -0.2) is 39.6 Å². The Balaban J connectivity index is 3.01. The van der Waals surface area contributed by atoms with Crippen LogP contribution in [0.25, 0.3) is 0 Å². The summed E-state index contributed by atoms with van der Waals surface area (Å²) in [6.45, 7) is 5.73. The van der Waals surface area contributed by atoms with Crippen molar-refractivity contribution >= 4 is 15.9 Å². The quantitative estimate of drug-likeness (QED) is 0.773. The zero-order valence-electron chi connectivity index (χ0n) is 13.7. The maximum absolute atomic E-state index is 12.4. The number of sulfonamides is 1. The van der Waals surface area contributed by atoms with Crippen LogP contribution < -0.4 is 4.72 Å². The third-order valence-electron chi connectivity index (χ3n) is 3.22. The van der Waals surface area contributed by atoms with Crippen LogP contribution in [0.15, 0.2) is 29.2 Å². The summed E-state index contributed by atoms with van der Waals surface area (Å²) >= 11 is 0. The van der Waals surface area contributed by atoms with Crippen molar-refractivity contribution in [2.45, 2.75) is 38.1 Å². The van der Waals surface area contributed by atoms with E-state index in [1.165, 1.54) is 26.3 Å². The number of benzene rings is 1. The van der Waals surface area contributed by atoms with Gasteiger partial charge < -0.3 is 0 Å². The summed E-state index contributed by atoms with van der Waals surface area (Å²) in [5.41, 5.74) is 0.966. The number of amides is 1. The summed E-state index contributed by atoms with van der Waals surface area (Å²) in [6, 6.07) is 5.62. The lowest BCUT2D eigenvalue weighted by Gasteiger charge is -2.24. The molecule has 0 bridgehead atoms. The molecule has 22 heavy (non-hydrogen) atoms. The van der Waals surface area contributed by atoms with Crippen molar-refractivity contribution in [1.29, 1.82) is 0 Å². The van der Waals surface area contributed by atoms with Crippen molar-refractivity contribution in [2.75, 3.05) is 14.2 Å². The highest BCUT2D eigenvalue weighted by atomic mass is 32.2. The molecule has 0 saturated carbocycles. The molecule has 7 heteroatoms. The number of rotatable bonds is 7. The van der Waals surface area contributed by atoms with Gasteiger partial charge >= 0.3 is 0 Å². The lowest BCUT2D eigenvalue weighted by molar-refractivity contribution is -0.170. The van der Waals surface area contributed by atoms with Gasteiger partial charge in [-0.15, -0.1) is 0 Å². The van der Waals surface area contributed by atoms with Gasteiger partial charge in [-0.05, 0) is 31.4 Å². The summed E-state index contributed by atoms with van der Waals surface area (Å²) in [6.07, 6.45) is 0.387. The minimum Gasteiger partial charge on any atom is -0.275 e. The van der Waals surface area contributed by atoms with Crippen molar-refractivity contribution in [3.63, 3.8) is 0 Å². The molecule has 124 valence electrons. The summed E-state index contributed by atoms with van der Waals surface area (Å²) < 4.78 is 27.3. The minimum absolute atomic E-state index is 0.139. The number of hydrogen-bond acceptors (Lipinski definition) is 4. The van der Waals surface area contributed by atoms with E-state index in [4.69, 9.17) is 4.84 Å². The van der Waals surface area contributed by atoms with Crippen LogP contribution in [0.4, 0.5) is 0 Å². The molecule has 0 radical (unpaired) electrons. The predicted molar refractivity (Wildman–Crippen MR) is 84.5 cm³/mol. The Morgan fingerprint density at radius 2 is 1.82 bits per heavy atom. The van der Waals surface area contributed by atoms with Gasteiger partial charge in [0.2, 0.25) is 10.0 Å². The first-order chi connectivity index (χ1) is 10.2. The second kappa shape index (κ2) is 7.71. The molecule has 0 heterocycles. The SMILES string of the molecule is CON(C)C(=O)[C@@H](CC(C)C)NS(=O)(=O)c1ccc(C)cc1. The van der Waals surface area contributed by atoms with Crippen molar-refractivity contribution < 1.29 is 18.0 Å². The molecule has 1 aromatic rings. The van der Waals surface area contributed by atoms with Crippen molar-refractivity contribution in [3.05, 3.63) is 29.8 Å². The molecule has 0 aliphatic rings. The van der Waals surface area contributed by atoms with Crippen molar-refractivity contribution in [2.24, 2.45) is 5.92 Å². The van der Waals surface area contributed by atoms with E-state index in [1.807, 2.05) is 20.8 Å². The van der Waals surface area contributed by atoms with E-state index in [-0.39, 0.29) is 10.8 Å². The van der Waals surface area contributed by atoms with E-state index in [9.17, 15) is 13.2 Å². The van der Waals surface area contributed by atoms with Gasteiger partial charge in [0.05, 0.1) is 12.0 Å². The summed E-state index contributed by atoms with van der Waals surface area (Å²) in [4.78, 5) is 17.2. The van der Waals surface area contributed by atoms with Gasteiger partial charge in [0.25, 0.3) is 5.91 Å². The third-order valence-corrected chi connectivity index (χ3v) is 4.71. The Hall–Kier alpha value is -1.44. The Morgan fingerprint density at radius 1 is 1.27 bits per heavy atom. The molecular formula is C15H24N2O4S. The van der Waals surface area contributed by atoms with E-state index in [1.54, 1.807) is 12.1 Å². The molecule has 0 spiro atoms. The summed E-state index contributed by atoms with van der Waals surface area (Å²) in [7, 11) is -0.948. The number of carbonyl (C=O) groups is 1. The zero-order chi connectivity index (χ0) is 16.9. The van der Waals surface area contributed by atoms with Gasteiger partial charge in [-0.2, -0.15) is 4.72 Å². The van der Waals surface area contributed by atoms with E-state index in [2.05, 4.69) is 4.72 Å². The first-order valence-corrected chi connectivity index (χ1v) is 8.56. The number of hydroxylamine groups is 2. The number of hydrogen-bond donors (Lipinski definition) is 1. The van der Waals surface area contributed by atoms with E-state index in [0.717, 1.165) is 10.6 Å². The normalized spacial score (nSPS) is 13.2. The van der Waals surface area contributed by atoms with Crippen LogP contribution in [0, 0.1) is 12.8 Å². The maximum atomic E-state index is 12.4. The van der Waals surface area contributed by atoms with Gasteiger partial charge in [0.1, 0.15) is 6.04 Å². The van der Waals surface area contributed by atoms with Crippen molar-refractivity contribution in [3.8, 4) is 0 Å². The average molecular weight is 328 g/mol. The van der Waals surface area contributed by atoms with Gasteiger partial charge in [0.15, 0.2) is 0 Å². The highest BCUT2D eigenvalue weighted by Gasteiger charge is 2.28. The van der Waals surface area contributed by atoms with Crippen LogP contribution >= 0.6 is 0 Å². The topological polar surface area (TPSA) is 75.7 Å². The standard InChI is InChI=1S/C15H24N2O4S/c1-11(2)10-14(15(18)17(4)21-5)16-22(19,20)13-8-6-12(3)7-9-13/h6-9,11,14,16H,10H2,1-5H3/t14-/m1/s1. The molecule has 1 N–H and O–H groups in total. The molecular weight excluding hydrogens is 304 g/mol. The Bertz CT molecular complexity index is 596. The number of nitrogens with zero attached hydrogens (tertiary/aromatic N) is 1. The molecule has 0 unspecified atom stereocenters. The van der Waals surface area contributed by atoms with Gasteiger partial charge in [-0.25, -0.2) is 13.5 Å². The Morgan fingerprint density at radius 3 is 2.27 bits per heavy atom. The number of aryl methyl sites for hydroxylation is 1. The smallest absolute Gasteiger partial charge is 0.264 e. The van der Waals surface area contributed by atoms with Gasteiger partial charge in [-0.1, -0.05) is 31.5 Å². The van der Waals surface area contributed by atoms with Crippen molar-refractivity contribution in [1.82, 2.24) is 9.79 Å². The molecule has 1 aromatic carbocycles. The zero-order valence-corrected chi connectivity index (χ0v) is 14.5. The monoisotopic (exact) mass is 328 g/mol. The molecule has 0 aromatic heterocycles. The molecule has 0 fully saturated rings. The Kier molecular flexibility index (Phi) is 6.52. The van der Waals surface area contributed by atoms with Crippen LogP contribution in [0.5, 0.6) is 0 Å². The van der Waals surface area contributed by atoms with Crippen LogP contribution in [0.3, 0.4) is 0 Å². The number of carbonyl (C=O) groups excluding carboxylic acids is 1. The highest BCUT2D eigenvalue weighted by Crippen LogP contribution is 2.14. The second-order valence-electron chi connectivity index (χ2n) is 5.63. The van der Waals surface area contributed by atoms with E-state index < -0.39 is 22.0 Å². The predicted octanol–water partition coefficient (Wildman–Crippen LogP) is 1.71. The minimum atomic E-state index is -3.76. The summed E-state index contributed by atoms with van der Waals surface area (Å²) in [5.74, 6) is -0.271. The lowest BCUT2D eigenvalue weighted by atomic mass is 10.0. The second-order valence-corrected chi connectivity index (χ2v) is 7.35. The fourth-order valence-corrected chi connectivity index (χ4v) is 3.15. The highest BCUT2D eigenvalue weighted by molar-refractivity contribution is 7.89. The largest absolute Gasteiger partial charge is 0.275 e. The molecule has 0 aliphatic carbocycles. The van der Waals surface area contributed by atoms with Crippen LogP contribution in [-0.2, 0) is 19.7 Å². The third kappa shape index (κ3) is 5.08. The molecule has 0 aliphatic heterocycles. The fraction of sp³-hybridized carbons (Fsp3) is 0.533. The average Bonchev–Trinajstić information content (AvgIpc) is 2.44.